The molecule has 0 spiro atoms. The predicted molar refractivity (Wildman–Crippen MR) is 93.4 cm³/mol. The zero-order valence-electron chi connectivity index (χ0n) is 13.7. The summed E-state index contributed by atoms with van der Waals surface area (Å²) in [5, 5.41) is 3.54. The summed E-state index contributed by atoms with van der Waals surface area (Å²) in [6, 6.07) is 6.21. The van der Waals surface area contributed by atoms with Crippen LogP contribution in [0.3, 0.4) is 0 Å². The van der Waals surface area contributed by atoms with Gasteiger partial charge in [0.25, 0.3) is 0 Å². The molecule has 4 heterocycles. The third kappa shape index (κ3) is 3.14. The van der Waals surface area contributed by atoms with Gasteiger partial charge in [-0.15, -0.1) is 0 Å². The van der Waals surface area contributed by atoms with Crippen LogP contribution in [-0.4, -0.2) is 37.9 Å². The monoisotopic (exact) mass is 320 g/mol. The number of pyridine rings is 2. The SMILES string of the molecule is Cc1cc(-c2cc3c(cn2)CN(Cc2cnc[nH]2)CCN3)ccn1. The molecule has 24 heavy (non-hydrogen) atoms. The van der Waals surface area contributed by atoms with Crippen LogP contribution < -0.4 is 5.32 Å². The van der Waals surface area contributed by atoms with Crippen LogP contribution in [0.1, 0.15) is 17.0 Å². The third-order valence-electron chi connectivity index (χ3n) is 4.27. The second-order valence-electron chi connectivity index (χ2n) is 6.13. The summed E-state index contributed by atoms with van der Waals surface area (Å²) in [7, 11) is 0. The maximum atomic E-state index is 4.66. The molecule has 122 valence electrons. The molecule has 0 aromatic carbocycles. The van der Waals surface area contributed by atoms with Crippen molar-refractivity contribution in [2.75, 3.05) is 18.4 Å². The van der Waals surface area contributed by atoms with Crippen LogP contribution in [0.15, 0.2) is 43.1 Å². The Morgan fingerprint density at radius 3 is 3.00 bits per heavy atom. The summed E-state index contributed by atoms with van der Waals surface area (Å²) in [5.41, 5.74) is 6.61. The Morgan fingerprint density at radius 2 is 2.17 bits per heavy atom. The molecule has 0 atom stereocenters. The van der Waals surface area contributed by atoms with Crippen LogP contribution in [0, 0.1) is 6.92 Å². The van der Waals surface area contributed by atoms with Crippen molar-refractivity contribution in [1.82, 2.24) is 24.8 Å². The maximum Gasteiger partial charge on any atom is 0.0922 e. The Morgan fingerprint density at radius 1 is 1.21 bits per heavy atom. The van der Waals surface area contributed by atoms with Crippen LogP contribution in [0.2, 0.25) is 0 Å². The van der Waals surface area contributed by atoms with Crippen molar-refractivity contribution in [3.8, 4) is 11.3 Å². The highest BCUT2D eigenvalue weighted by Gasteiger charge is 2.16. The number of nitrogens with zero attached hydrogens (tertiary/aromatic N) is 4. The lowest BCUT2D eigenvalue weighted by Crippen LogP contribution is -2.25. The van der Waals surface area contributed by atoms with Gasteiger partial charge in [0.05, 0.1) is 12.0 Å². The van der Waals surface area contributed by atoms with Gasteiger partial charge in [0, 0.05) is 73.0 Å². The van der Waals surface area contributed by atoms with Crippen molar-refractivity contribution in [3.63, 3.8) is 0 Å². The Balaban J connectivity index is 1.58. The molecule has 0 saturated heterocycles. The molecule has 0 radical (unpaired) electrons. The van der Waals surface area contributed by atoms with E-state index in [1.54, 1.807) is 6.33 Å². The average molecular weight is 320 g/mol. The van der Waals surface area contributed by atoms with Gasteiger partial charge in [-0.25, -0.2) is 4.98 Å². The molecular formula is C18H20N6. The minimum Gasteiger partial charge on any atom is -0.383 e. The van der Waals surface area contributed by atoms with E-state index in [9.17, 15) is 0 Å². The number of anilines is 1. The van der Waals surface area contributed by atoms with Gasteiger partial charge in [0.15, 0.2) is 0 Å². The first-order valence-corrected chi connectivity index (χ1v) is 8.13. The summed E-state index contributed by atoms with van der Waals surface area (Å²) < 4.78 is 0. The van der Waals surface area contributed by atoms with Crippen LogP contribution in [0.5, 0.6) is 0 Å². The first kappa shape index (κ1) is 14.8. The summed E-state index contributed by atoms with van der Waals surface area (Å²) >= 11 is 0. The first-order valence-electron chi connectivity index (χ1n) is 8.13. The zero-order chi connectivity index (χ0) is 16.4. The first-order chi connectivity index (χ1) is 11.8. The quantitative estimate of drug-likeness (QED) is 0.776. The number of aromatic nitrogens is 4. The summed E-state index contributed by atoms with van der Waals surface area (Å²) in [5.74, 6) is 0. The van der Waals surface area contributed by atoms with E-state index in [-0.39, 0.29) is 0 Å². The fourth-order valence-corrected chi connectivity index (χ4v) is 3.05. The van der Waals surface area contributed by atoms with Gasteiger partial charge in [-0.1, -0.05) is 0 Å². The van der Waals surface area contributed by atoms with E-state index in [2.05, 4.69) is 42.3 Å². The summed E-state index contributed by atoms with van der Waals surface area (Å²) in [6.45, 7) is 5.65. The number of hydrogen-bond acceptors (Lipinski definition) is 5. The second-order valence-corrected chi connectivity index (χ2v) is 6.13. The van der Waals surface area contributed by atoms with Crippen LogP contribution >= 0.6 is 0 Å². The highest BCUT2D eigenvalue weighted by molar-refractivity contribution is 5.66. The number of fused-ring (bicyclic) bond motifs is 1. The van der Waals surface area contributed by atoms with Gasteiger partial charge in [-0.2, -0.15) is 0 Å². The standard InChI is InChI=1S/C18H20N6/c1-13-6-14(2-3-20-13)17-7-18-15(8-22-17)10-24(5-4-21-18)11-16-9-19-12-23-16/h2-3,6-9,12,21H,4-5,10-11H2,1H3,(H,19,23). The van der Waals surface area contributed by atoms with Crippen LogP contribution in [-0.2, 0) is 13.1 Å². The topological polar surface area (TPSA) is 69.7 Å². The number of hydrogen-bond donors (Lipinski definition) is 2. The van der Waals surface area contributed by atoms with Gasteiger partial charge >= 0.3 is 0 Å². The lowest BCUT2D eigenvalue weighted by Gasteiger charge is -2.18. The van der Waals surface area contributed by atoms with E-state index in [4.69, 9.17) is 0 Å². The molecular weight excluding hydrogens is 300 g/mol. The fraction of sp³-hybridized carbons (Fsp3) is 0.278. The maximum absolute atomic E-state index is 4.66. The molecule has 1 aliphatic heterocycles. The van der Waals surface area contributed by atoms with Gasteiger partial charge in [0.1, 0.15) is 0 Å². The molecule has 6 nitrogen and oxygen atoms in total. The summed E-state index contributed by atoms with van der Waals surface area (Å²) in [4.78, 5) is 18.6. The van der Waals surface area contributed by atoms with Crippen LogP contribution in [0.4, 0.5) is 5.69 Å². The van der Waals surface area contributed by atoms with E-state index < -0.39 is 0 Å². The molecule has 0 bridgehead atoms. The number of aryl methyl sites for hydroxylation is 1. The molecule has 3 aromatic heterocycles. The second kappa shape index (κ2) is 6.41. The molecule has 3 aromatic rings. The molecule has 0 fully saturated rings. The van der Waals surface area contributed by atoms with E-state index in [1.807, 2.05) is 31.6 Å². The van der Waals surface area contributed by atoms with E-state index in [1.165, 1.54) is 11.3 Å². The Kier molecular flexibility index (Phi) is 3.96. The Bertz CT molecular complexity index is 827. The predicted octanol–water partition coefficient (Wildman–Crippen LogP) is 2.60. The number of nitrogens with one attached hydrogen (secondary N) is 2. The highest BCUT2D eigenvalue weighted by Crippen LogP contribution is 2.26. The van der Waals surface area contributed by atoms with Crippen molar-refractivity contribution in [3.05, 3.63) is 60.1 Å². The number of imidazole rings is 1. The zero-order valence-corrected chi connectivity index (χ0v) is 13.7. The molecule has 2 N–H and O–H groups in total. The van der Waals surface area contributed by atoms with Gasteiger partial charge in [-0.05, 0) is 25.1 Å². The third-order valence-corrected chi connectivity index (χ3v) is 4.27. The number of rotatable bonds is 3. The number of aromatic amines is 1. The number of H-pyrrole nitrogens is 1. The van der Waals surface area contributed by atoms with Crippen LogP contribution in [0.25, 0.3) is 11.3 Å². The van der Waals surface area contributed by atoms with Crippen molar-refractivity contribution >= 4 is 5.69 Å². The normalized spacial score (nSPS) is 14.7. The minimum absolute atomic E-state index is 0.867. The van der Waals surface area contributed by atoms with Gasteiger partial charge in [0.2, 0.25) is 0 Å². The lowest BCUT2D eigenvalue weighted by molar-refractivity contribution is 0.269. The highest BCUT2D eigenvalue weighted by atomic mass is 15.2. The van der Waals surface area contributed by atoms with Gasteiger partial charge in [-0.3, -0.25) is 14.9 Å². The van der Waals surface area contributed by atoms with E-state index in [0.717, 1.165) is 48.8 Å². The molecule has 4 rings (SSSR count). The molecule has 1 aliphatic rings. The van der Waals surface area contributed by atoms with E-state index in [0.29, 0.717) is 0 Å². The largest absolute Gasteiger partial charge is 0.383 e. The smallest absolute Gasteiger partial charge is 0.0922 e. The van der Waals surface area contributed by atoms with Crippen molar-refractivity contribution in [2.24, 2.45) is 0 Å². The minimum atomic E-state index is 0.867. The van der Waals surface area contributed by atoms with E-state index >= 15 is 0 Å². The van der Waals surface area contributed by atoms with Gasteiger partial charge < -0.3 is 10.3 Å². The Hall–Kier alpha value is -2.73. The fourth-order valence-electron chi connectivity index (χ4n) is 3.05. The molecule has 6 heteroatoms. The lowest BCUT2D eigenvalue weighted by atomic mass is 10.1. The molecule has 0 saturated carbocycles. The molecule has 0 unspecified atom stereocenters. The Labute approximate surface area is 141 Å². The van der Waals surface area contributed by atoms with Crippen molar-refractivity contribution in [2.45, 2.75) is 20.0 Å². The summed E-state index contributed by atoms with van der Waals surface area (Å²) in [6.07, 6.45) is 7.42. The molecule has 0 aliphatic carbocycles. The van der Waals surface area contributed by atoms with Crippen molar-refractivity contribution < 1.29 is 0 Å². The average Bonchev–Trinajstić information content (AvgIpc) is 3.00. The van der Waals surface area contributed by atoms with Crippen molar-refractivity contribution in [1.29, 1.82) is 0 Å². The molecule has 0 amide bonds.